The van der Waals surface area contributed by atoms with Gasteiger partial charge in [0.2, 0.25) is 0 Å². The molecule has 0 atom stereocenters. The molecular weight excluding hydrogens is 381 g/mol. The minimum atomic E-state index is -4.12. The fraction of sp³-hybridized carbons (Fsp3) is 0.333. The van der Waals surface area contributed by atoms with Gasteiger partial charge < -0.3 is 10.6 Å². The van der Waals surface area contributed by atoms with Crippen molar-refractivity contribution < 1.29 is 22.9 Å². The van der Waals surface area contributed by atoms with E-state index in [-0.39, 0.29) is 12.8 Å². The monoisotopic (exact) mass is 399 g/mol. The molecule has 0 spiro atoms. The first-order valence-electron chi connectivity index (χ1n) is 8.48. The number of carbonyl (C=O) groups is 1. The van der Waals surface area contributed by atoms with Gasteiger partial charge in [-0.2, -0.15) is 13.2 Å². The Morgan fingerprint density at radius 1 is 1.04 bits per heavy atom. The van der Waals surface area contributed by atoms with Crippen LogP contribution in [0.15, 0.2) is 42.6 Å². The first-order chi connectivity index (χ1) is 12.8. The van der Waals surface area contributed by atoms with Crippen molar-refractivity contribution in [3.8, 4) is 0 Å². The van der Waals surface area contributed by atoms with E-state index in [9.17, 15) is 18.0 Å². The van der Waals surface area contributed by atoms with Crippen molar-refractivity contribution in [1.29, 1.82) is 0 Å². The molecule has 0 radical (unpaired) electrons. The summed E-state index contributed by atoms with van der Waals surface area (Å²) >= 11 is 5.79. The fourth-order valence-corrected chi connectivity index (χ4v) is 3.09. The molecule has 5 nitrogen and oxygen atoms in total. The zero-order chi connectivity index (χ0) is 19.4. The number of amides is 2. The second-order valence-electron chi connectivity index (χ2n) is 6.35. The van der Waals surface area contributed by atoms with Gasteiger partial charge in [-0.25, -0.2) is 9.78 Å². The predicted molar refractivity (Wildman–Crippen MR) is 98.1 cm³/mol. The SMILES string of the molecule is O=C(Nc1ccc(Cl)cc1)Nc1ccc(N2CCC(C(F)(F)F)CC2)[nH+]c1. The second kappa shape index (κ2) is 8.04. The number of halogens is 4. The average Bonchev–Trinajstić information content (AvgIpc) is 2.64. The highest BCUT2D eigenvalue weighted by Gasteiger charge is 2.42. The van der Waals surface area contributed by atoms with Crippen LogP contribution in [0.5, 0.6) is 0 Å². The van der Waals surface area contributed by atoms with Crippen molar-refractivity contribution in [1.82, 2.24) is 0 Å². The number of pyridine rings is 1. The zero-order valence-electron chi connectivity index (χ0n) is 14.3. The third-order valence-electron chi connectivity index (χ3n) is 4.45. The maximum Gasteiger partial charge on any atom is 0.392 e. The lowest BCUT2D eigenvalue weighted by molar-refractivity contribution is -0.363. The largest absolute Gasteiger partial charge is 0.392 e. The van der Waals surface area contributed by atoms with E-state index in [0.29, 0.717) is 29.5 Å². The number of benzene rings is 1. The number of H-pyrrole nitrogens is 1. The molecule has 1 saturated heterocycles. The molecule has 0 bridgehead atoms. The molecule has 9 heteroatoms. The third kappa shape index (κ3) is 5.26. The lowest BCUT2D eigenvalue weighted by Gasteiger charge is -2.28. The molecule has 27 heavy (non-hydrogen) atoms. The summed E-state index contributed by atoms with van der Waals surface area (Å²) in [5, 5.41) is 5.93. The fourth-order valence-electron chi connectivity index (χ4n) is 2.97. The summed E-state index contributed by atoms with van der Waals surface area (Å²) in [7, 11) is 0. The van der Waals surface area contributed by atoms with Crippen LogP contribution in [0.3, 0.4) is 0 Å². The summed E-state index contributed by atoms with van der Waals surface area (Å²) in [5.41, 5.74) is 1.14. The first kappa shape index (κ1) is 19.3. The van der Waals surface area contributed by atoms with Crippen molar-refractivity contribution in [2.75, 3.05) is 28.6 Å². The molecule has 0 aliphatic carbocycles. The smallest absolute Gasteiger partial charge is 0.308 e. The lowest BCUT2D eigenvalue weighted by atomic mass is 9.96. The van der Waals surface area contributed by atoms with Gasteiger partial charge in [-0.1, -0.05) is 11.6 Å². The molecule has 1 aliphatic heterocycles. The summed E-state index contributed by atoms with van der Waals surface area (Å²) in [6, 6.07) is 9.73. The Labute approximate surface area is 159 Å². The van der Waals surface area contributed by atoms with Gasteiger partial charge in [-0.05, 0) is 43.2 Å². The normalized spacial score (nSPS) is 15.5. The Kier molecular flexibility index (Phi) is 5.74. The van der Waals surface area contributed by atoms with Gasteiger partial charge in [-0.15, -0.1) is 0 Å². The first-order valence-corrected chi connectivity index (χ1v) is 8.86. The standard InChI is InChI=1S/C18H18ClF3N4O/c19-13-1-3-14(4-2-13)24-17(27)25-15-5-6-16(23-11-15)26-9-7-12(8-10-26)18(20,21)22/h1-6,11-12H,7-10H2,(H2,24,25,27)/p+1. The van der Waals surface area contributed by atoms with E-state index in [1.807, 2.05) is 4.90 Å². The maximum atomic E-state index is 12.7. The Bertz CT molecular complexity index is 773. The lowest BCUT2D eigenvalue weighted by Crippen LogP contribution is -2.41. The Morgan fingerprint density at radius 2 is 1.63 bits per heavy atom. The van der Waals surface area contributed by atoms with Crippen LogP contribution in [0.1, 0.15) is 12.8 Å². The van der Waals surface area contributed by atoms with Gasteiger partial charge in [0.25, 0.3) is 5.82 Å². The number of hydrogen-bond acceptors (Lipinski definition) is 2. The van der Waals surface area contributed by atoms with Crippen LogP contribution in [-0.2, 0) is 0 Å². The van der Waals surface area contributed by atoms with Crippen LogP contribution in [0, 0.1) is 5.92 Å². The van der Waals surface area contributed by atoms with E-state index < -0.39 is 18.1 Å². The van der Waals surface area contributed by atoms with Gasteiger partial charge in [-0.3, -0.25) is 4.90 Å². The Morgan fingerprint density at radius 3 is 2.19 bits per heavy atom. The number of rotatable bonds is 3. The van der Waals surface area contributed by atoms with Crippen molar-refractivity contribution in [2.24, 2.45) is 5.92 Å². The number of hydrogen-bond donors (Lipinski definition) is 2. The molecular formula is C18H19ClF3N4O+. The summed E-state index contributed by atoms with van der Waals surface area (Å²) < 4.78 is 38.2. The van der Waals surface area contributed by atoms with E-state index in [0.717, 1.165) is 5.82 Å². The highest BCUT2D eigenvalue weighted by atomic mass is 35.5. The van der Waals surface area contributed by atoms with Crippen molar-refractivity contribution in [3.63, 3.8) is 0 Å². The van der Waals surface area contributed by atoms with Crippen molar-refractivity contribution in [3.05, 3.63) is 47.6 Å². The molecule has 1 fully saturated rings. The third-order valence-corrected chi connectivity index (χ3v) is 4.71. The zero-order valence-corrected chi connectivity index (χ0v) is 15.1. The van der Waals surface area contributed by atoms with Crippen molar-refractivity contribution in [2.45, 2.75) is 19.0 Å². The minimum absolute atomic E-state index is 0.0842. The number of aromatic amines is 1. The maximum absolute atomic E-state index is 12.7. The highest BCUT2D eigenvalue weighted by molar-refractivity contribution is 6.30. The van der Waals surface area contributed by atoms with E-state index in [1.165, 1.54) is 0 Å². The van der Waals surface area contributed by atoms with Crippen LogP contribution >= 0.6 is 11.6 Å². The Hall–Kier alpha value is -2.48. The van der Waals surface area contributed by atoms with Gasteiger partial charge in [0.05, 0.1) is 24.7 Å². The number of alkyl halides is 3. The number of nitrogens with zero attached hydrogens (tertiary/aromatic N) is 1. The number of anilines is 3. The Balaban J connectivity index is 1.53. The van der Waals surface area contributed by atoms with Crippen LogP contribution < -0.4 is 20.5 Å². The van der Waals surface area contributed by atoms with Crippen LogP contribution in [-0.4, -0.2) is 25.3 Å². The molecule has 2 aromatic rings. The van der Waals surface area contributed by atoms with E-state index in [2.05, 4.69) is 15.6 Å². The van der Waals surface area contributed by atoms with Gasteiger partial charge in [0.15, 0.2) is 0 Å². The molecule has 2 amide bonds. The topological polar surface area (TPSA) is 58.5 Å². The van der Waals surface area contributed by atoms with E-state index in [1.54, 1.807) is 42.6 Å². The van der Waals surface area contributed by atoms with Gasteiger partial charge in [0.1, 0.15) is 6.20 Å². The van der Waals surface area contributed by atoms with Crippen LogP contribution in [0.25, 0.3) is 0 Å². The molecule has 1 aliphatic rings. The molecule has 0 saturated carbocycles. The summed E-state index contributed by atoms with van der Waals surface area (Å²) in [6.07, 6.45) is -2.35. The van der Waals surface area contributed by atoms with Gasteiger partial charge >= 0.3 is 12.2 Å². The number of piperidine rings is 1. The van der Waals surface area contributed by atoms with Crippen LogP contribution in [0.2, 0.25) is 5.02 Å². The average molecular weight is 400 g/mol. The van der Waals surface area contributed by atoms with Crippen LogP contribution in [0.4, 0.5) is 35.2 Å². The number of nitrogens with one attached hydrogen (secondary N) is 3. The minimum Gasteiger partial charge on any atom is -0.308 e. The number of aromatic nitrogens is 1. The molecule has 1 aromatic heterocycles. The van der Waals surface area contributed by atoms with Crippen molar-refractivity contribution >= 4 is 34.8 Å². The summed E-state index contributed by atoms with van der Waals surface area (Å²) in [6.45, 7) is 0.676. The summed E-state index contributed by atoms with van der Waals surface area (Å²) in [4.78, 5) is 16.9. The molecule has 144 valence electrons. The molecule has 1 aromatic carbocycles. The van der Waals surface area contributed by atoms with Gasteiger partial charge in [0, 0.05) is 16.8 Å². The quantitative estimate of drug-likeness (QED) is 0.793. The van der Waals surface area contributed by atoms with E-state index >= 15 is 0 Å². The highest BCUT2D eigenvalue weighted by Crippen LogP contribution is 2.34. The second-order valence-corrected chi connectivity index (χ2v) is 6.79. The predicted octanol–water partition coefficient (Wildman–Crippen LogP) is 4.58. The number of carbonyl (C=O) groups excluding carboxylic acids is 1. The molecule has 3 N–H and O–H groups in total. The molecule has 2 heterocycles. The molecule has 3 rings (SSSR count). The van der Waals surface area contributed by atoms with E-state index in [4.69, 9.17) is 11.6 Å². The molecule has 0 unspecified atom stereocenters. The number of urea groups is 1. The summed E-state index contributed by atoms with van der Waals surface area (Å²) in [5.74, 6) is -0.509.